The standard InChI is InChI=1S/C28H26FNO4/c1-16-13-19(11-12-21(16)29)30-22-5-4-6-23(31)25(22)24(17-7-9-18(10-8-17)27(32)33)26(30)28(2)14-20(15-28)34-3/h4-13,20,31H,14-15H2,1-3H3,(H,32,33). The van der Waals surface area contributed by atoms with E-state index in [0.29, 0.717) is 10.9 Å². The van der Waals surface area contributed by atoms with Gasteiger partial charge in [-0.15, -0.1) is 0 Å². The fourth-order valence-corrected chi connectivity index (χ4v) is 5.30. The number of phenolic OH excluding ortho intramolecular Hbond substituents is 1. The summed E-state index contributed by atoms with van der Waals surface area (Å²) >= 11 is 0. The molecule has 5 rings (SSSR count). The largest absolute Gasteiger partial charge is 0.507 e. The molecule has 1 aromatic heterocycles. The van der Waals surface area contributed by atoms with Crippen molar-refractivity contribution in [3.63, 3.8) is 0 Å². The lowest BCUT2D eigenvalue weighted by atomic mass is 9.64. The van der Waals surface area contributed by atoms with Gasteiger partial charge in [0.05, 0.1) is 17.2 Å². The number of aryl methyl sites for hydroxylation is 1. The maximum atomic E-state index is 14.2. The summed E-state index contributed by atoms with van der Waals surface area (Å²) in [7, 11) is 1.71. The van der Waals surface area contributed by atoms with Gasteiger partial charge in [-0.1, -0.05) is 25.1 Å². The minimum absolute atomic E-state index is 0.127. The van der Waals surface area contributed by atoms with E-state index in [9.17, 15) is 19.4 Å². The Balaban J connectivity index is 1.87. The van der Waals surface area contributed by atoms with Gasteiger partial charge < -0.3 is 19.5 Å². The van der Waals surface area contributed by atoms with Crippen molar-refractivity contribution in [1.29, 1.82) is 0 Å². The van der Waals surface area contributed by atoms with Crippen molar-refractivity contribution in [2.45, 2.75) is 38.2 Å². The maximum Gasteiger partial charge on any atom is 0.335 e. The van der Waals surface area contributed by atoms with E-state index in [-0.39, 0.29) is 28.6 Å². The fraction of sp³-hybridized carbons (Fsp3) is 0.250. The first-order valence-corrected chi connectivity index (χ1v) is 11.2. The Bertz CT molecular complexity index is 1410. The van der Waals surface area contributed by atoms with Gasteiger partial charge in [0.15, 0.2) is 0 Å². The highest BCUT2D eigenvalue weighted by Gasteiger charge is 2.46. The first kappa shape index (κ1) is 22.2. The Morgan fingerprint density at radius 1 is 1.12 bits per heavy atom. The Hall–Kier alpha value is -3.64. The van der Waals surface area contributed by atoms with Crippen LogP contribution in [0.1, 0.15) is 41.4 Å². The molecule has 174 valence electrons. The van der Waals surface area contributed by atoms with Crippen molar-refractivity contribution in [1.82, 2.24) is 4.57 Å². The Morgan fingerprint density at radius 3 is 2.44 bits per heavy atom. The van der Waals surface area contributed by atoms with Crippen LogP contribution in [0.15, 0.2) is 60.7 Å². The van der Waals surface area contributed by atoms with Crippen LogP contribution in [-0.2, 0) is 10.2 Å². The molecule has 4 aromatic rings. The summed E-state index contributed by atoms with van der Waals surface area (Å²) in [4.78, 5) is 11.4. The van der Waals surface area contributed by atoms with E-state index in [1.807, 2.05) is 12.1 Å². The molecule has 0 amide bonds. The molecule has 1 saturated carbocycles. The van der Waals surface area contributed by atoms with E-state index in [1.165, 1.54) is 6.07 Å². The van der Waals surface area contributed by atoms with Crippen LogP contribution in [0.4, 0.5) is 4.39 Å². The van der Waals surface area contributed by atoms with E-state index in [1.54, 1.807) is 56.5 Å². The average Bonchev–Trinajstić information content (AvgIpc) is 3.15. The van der Waals surface area contributed by atoms with Gasteiger partial charge in [-0.05, 0) is 73.4 Å². The third-order valence-corrected chi connectivity index (χ3v) is 7.05. The molecule has 0 saturated heterocycles. The number of aromatic nitrogens is 1. The van der Waals surface area contributed by atoms with Gasteiger partial charge in [0.1, 0.15) is 11.6 Å². The van der Waals surface area contributed by atoms with Crippen molar-refractivity contribution in [3.05, 3.63) is 83.3 Å². The SMILES string of the molecule is COC1CC(C)(c2c(-c3ccc(C(=O)O)cc3)c3c(O)cccc3n2-c2ccc(F)c(C)c2)C1. The van der Waals surface area contributed by atoms with Crippen molar-refractivity contribution in [2.75, 3.05) is 7.11 Å². The number of phenols is 1. The molecule has 5 nitrogen and oxygen atoms in total. The zero-order valence-electron chi connectivity index (χ0n) is 19.3. The molecule has 1 fully saturated rings. The number of methoxy groups -OCH3 is 1. The van der Waals surface area contributed by atoms with Gasteiger partial charge in [-0.25, -0.2) is 9.18 Å². The van der Waals surface area contributed by atoms with Gasteiger partial charge in [0.25, 0.3) is 0 Å². The summed E-state index contributed by atoms with van der Waals surface area (Å²) in [6.07, 6.45) is 1.71. The molecule has 0 aliphatic heterocycles. The number of benzene rings is 3. The topological polar surface area (TPSA) is 71.7 Å². The molecular weight excluding hydrogens is 433 g/mol. The second-order valence-electron chi connectivity index (χ2n) is 9.37. The zero-order chi connectivity index (χ0) is 24.2. The molecule has 6 heteroatoms. The minimum Gasteiger partial charge on any atom is -0.507 e. The molecule has 0 spiro atoms. The second-order valence-corrected chi connectivity index (χ2v) is 9.37. The summed E-state index contributed by atoms with van der Waals surface area (Å²) in [5, 5.41) is 21.0. The number of hydrogen-bond donors (Lipinski definition) is 2. The van der Waals surface area contributed by atoms with Crippen LogP contribution in [-0.4, -0.2) is 34.0 Å². The van der Waals surface area contributed by atoms with Crippen LogP contribution in [0.5, 0.6) is 5.75 Å². The predicted octanol–water partition coefficient (Wildman–Crippen LogP) is 6.22. The highest BCUT2D eigenvalue weighted by molar-refractivity contribution is 6.04. The van der Waals surface area contributed by atoms with Crippen LogP contribution in [0.2, 0.25) is 0 Å². The first-order valence-electron chi connectivity index (χ1n) is 11.2. The number of carboxylic acid groups (broad SMARTS) is 1. The van der Waals surface area contributed by atoms with Gasteiger partial charge in [-0.2, -0.15) is 0 Å². The van der Waals surface area contributed by atoms with Crippen LogP contribution in [0.3, 0.4) is 0 Å². The number of nitrogens with zero attached hydrogens (tertiary/aromatic N) is 1. The number of aromatic carboxylic acids is 1. The molecular formula is C28H26FNO4. The molecule has 34 heavy (non-hydrogen) atoms. The molecule has 0 bridgehead atoms. The number of aromatic hydroxyl groups is 1. The molecule has 0 unspecified atom stereocenters. The van der Waals surface area contributed by atoms with Crippen molar-refractivity contribution in [2.24, 2.45) is 0 Å². The van der Waals surface area contributed by atoms with E-state index < -0.39 is 5.97 Å². The zero-order valence-corrected chi connectivity index (χ0v) is 19.3. The number of ether oxygens (including phenoxy) is 1. The number of carbonyl (C=O) groups is 1. The fourth-order valence-electron chi connectivity index (χ4n) is 5.30. The molecule has 1 heterocycles. The van der Waals surface area contributed by atoms with Crippen molar-refractivity contribution >= 4 is 16.9 Å². The quantitative estimate of drug-likeness (QED) is 0.372. The van der Waals surface area contributed by atoms with Gasteiger partial charge >= 0.3 is 5.97 Å². The normalized spacial score (nSPS) is 19.8. The van der Waals surface area contributed by atoms with E-state index in [4.69, 9.17) is 4.74 Å². The number of fused-ring (bicyclic) bond motifs is 1. The summed E-state index contributed by atoms with van der Waals surface area (Å²) in [6, 6.07) is 17.1. The number of rotatable bonds is 5. The lowest BCUT2D eigenvalue weighted by Gasteiger charge is -2.45. The summed E-state index contributed by atoms with van der Waals surface area (Å²) in [5.74, 6) is -1.13. The number of hydrogen-bond acceptors (Lipinski definition) is 3. The van der Waals surface area contributed by atoms with Crippen LogP contribution >= 0.6 is 0 Å². The molecule has 0 atom stereocenters. The molecule has 2 N–H and O–H groups in total. The van der Waals surface area contributed by atoms with Gasteiger partial charge in [0, 0.05) is 34.9 Å². The minimum atomic E-state index is -0.993. The Labute approximate surface area is 197 Å². The maximum absolute atomic E-state index is 14.2. The summed E-state index contributed by atoms with van der Waals surface area (Å²) in [6.45, 7) is 3.91. The van der Waals surface area contributed by atoms with Gasteiger partial charge in [-0.3, -0.25) is 0 Å². The van der Waals surface area contributed by atoms with E-state index in [2.05, 4.69) is 11.5 Å². The summed E-state index contributed by atoms with van der Waals surface area (Å²) in [5.41, 5.74) is 4.73. The predicted molar refractivity (Wildman–Crippen MR) is 129 cm³/mol. The highest BCUT2D eigenvalue weighted by atomic mass is 19.1. The molecule has 1 aliphatic carbocycles. The highest BCUT2D eigenvalue weighted by Crippen LogP contribution is 2.53. The molecule has 3 aromatic carbocycles. The van der Waals surface area contributed by atoms with Crippen LogP contribution < -0.4 is 0 Å². The monoisotopic (exact) mass is 459 g/mol. The summed E-state index contributed by atoms with van der Waals surface area (Å²) < 4.78 is 21.9. The average molecular weight is 460 g/mol. The van der Waals surface area contributed by atoms with Crippen LogP contribution in [0, 0.1) is 12.7 Å². The van der Waals surface area contributed by atoms with E-state index in [0.717, 1.165) is 40.9 Å². The number of halogens is 1. The third-order valence-electron chi connectivity index (χ3n) is 7.05. The third kappa shape index (κ3) is 3.37. The smallest absolute Gasteiger partial charge is 0.335 e. The molecule has 1 aliphatic rings. The molecule has 0 radical (unpaired) electrons. The van der Waals surface area contributed by atoms with Crippen molar-refractivity contribution < 1.29 is 24.1 Å². The first-order chi connectivity index (χ1) is 16.2. The second kappa shape index (κ2) is 7.99. The van der Waals surface area contributed by atoms with E-state index >= 15 is 0 Å². The Morgan fingerprint density at radius 2 is 1.82 bits per heavy atom. The number of carboxylic acids is 1. The van der Waals surface area contributed by atoms with Gasteiger partial charge in [0.2, 0.25) is 0 Å². The van der Waals surface area contributed by atoms with Crippen LogP contribution in [0.25, 0.3) is 27.7 Å². The van der Waals surface area contributed by atoms with Crippen molar-refractivity contribution in [3.8, 4) is 22.6 Å². The Kier molecular flexibility index (Phi) is 5.21. The lowest BCUT2D eigenvalue weighted by molar-refractivity contribution is -0.0129. The lowest BCUT2D eigenvalue weighted by Crippen LogP contribution is -2.44.